The lowest BCUT2D eigenvalue weighted by atomic mass is 9.82. The van der Waals surface area contributed by atoms with Crippen molar-refractivity contribution in [2.45, 2.75) is 46.8 Å². The molecule has 0 aliphatic carbocycles. The van der Waals surface area contributed by atoms with Gasteiger partial charge in [-0.15, -0.1) is 0 Å². The average molecular weight is 280 g/mol. The van der Waals surface area contributed by atoms with E-state index in [1.54, 1.807) is 0 Å². The first kappa shape index (κ1) is 17.0. The quantitative estimate of drug-likeness (QED) is 0.595. The molecule has 0 radical (unpaired) electrons. The van der Waals surface area contributed by atoms with Crippen LogP contribution in [0.1, 0.15) is 46.2 Å². The van der Waals surface area contributed by atoms with Crippen LogP contribution in [-0.4, -0.2) is 19.3 Å². The largest absolute Gasteiger partial charge is 0.494 e. The molecule has 4 nitrogen and oxygen atoms in total. The summed E-state index contributed by atoms with van der Waals surface area (Å²) in [7, 11) is 0. The van der Waals surface area contributed by atoms with E-state index in [9.17, 15) is 0 Å². The minimum atomic E-state index is -0.0737. The number of rotatable bonds is 7. The fourth-order valence-corrected chi connectivity index (χ4v) is 2.35. The van der Waals surface area contributed by atoms with Crippen molar-refractivity contribution in [3.05, 3.63) is 29.8 Å². The fourth-order valence-electron chi connectivity index (χ4n) is 2.35. The molecule has 1 rings (SSSR count). The van der Waals surface area contributed by atoms with Gasteiger partial charge >= 0.3 is 0 Å². The zero-order valence-corrected chi connectivity index (χ0v) is 13.3. The van der Waals surface area contributed by atoms with Gasteiger partial charge in [-0.1, -0.05) is 32.9 Å². The van der Waals surface area contributed by atoms with Crippen molar-refractivity contribution in [1.82, 2.24) is 5.43 Å². The minimum absolute atomic E-state index is 0.0191. The Labute approximate surface area is 122 Å². The number of hydrogen-bond acceptors (Lipinski definition) is 4. The average Bonchev–Trinajstić information content (AvgIpc) is 2.38. The van der Waals surface area contributed by atoms with Crippen molar-refractivity contribution >= 4 is 0 Å². The van der Waals surface area contributed by atoms with Crippen molar-refractivity contribution in [2.24, 2.45) is 11.3 Å². The summed E-state index contributed by atoms with van der Waals surface area (Å²) in [6.07, 6.45) is -0.0191. The standard InChI is InChI=1S/C16H28N2O2/c1-6-19-13-10-8-9-12(11-13)14(18-17)15(20-7-2)16(3,4)5/h8-11,14-15,18H,6-7,17H2,1-5H3. The molecule has 0 spiro atoms. The Hall–Kier alpha value is -1.10. The number of hydrogen-bond donors (Lipinski definition) is 2. The lowest BCUT2D eigenvalue weighted by molar-refractivity contribution is -0.0367. The highest BCUT2D eigenvalue weighted by Gasteiger charge is 2.33. The summed E-state index contributed by atoms with van der Waals surface area (Å²) in [5.41, 5.74) is 3.96. The first-order chi connectivity index (χ1) is 9.43. The third kappa shape index (κ3) is 4.47. The maximum atomic E-state index is 5.93. The molecule has 0 aromatic heterocycles. The Morgan fingerprint density at radius 2 is 1.90 bits per heavy atom. The summed E-state index contributed by atoms with van der Waals surface area (Å²) in [4.78, 5) is 0. The molecule has 1 aromatic carbocycles. The number of ether oxygens (including phenoxy) is 2. The van der Waals surface area contributed by atoms with E-state index in [1.165, 1.54) is 0 Å². The molecule has 0 bridgehead atoms. The van der Waals surface area contributed by atoms with Gasteiger partial charge in [0.15, 0.2) is 0 Å². The topological polar surface area (TPSA) is 56.5 Å². The van der Waals surface area contributed by atoms with Crippen molar-refractivity contribution in [3.8, 4) is 5.75 Å². The van der Waals surface area contributed by atoms with Crippen LogP contribution in [0.25, 0.3) is 0 Å². The van der Waals surface area contributed by atoms with Crippen LogP contribution in [-0.2, 0) is 4.74 Å². The summed E-state index contributed by atoms with van der Waals surface area (Å²) in [6, 6.07) is 7.93. The van der Waals surface area contributed by atoms with E-state index in [-0.39, 0.29) is 17.6 Å². The first-order valence-electron chi connectivity index (χ1n) is 7.24. The molecule has 0 heterocycles. The van der Waals surface area contributed by atoms with Gasteiger partial charge in [-0.05, 0) is 37.0 Å². The summed E-state index contributed by atoms with van der Waals surface area (Å²) in [6.45, 7) is 11.8. The monoisotopic (exact) mass is 280 g/mol. The third-order valence-corrected chi connectivity index (χ3v) is 3.21. The zero-order chi connectivity index (χ0) is 15.2. The molecular formula is C16H28N2O2. The number of hydrazine groups is 1. The molecular weight excluding hydrogens is 252 g/mol. The van der Waals surface area contributed by atoms with Crippen LogP contribution < -0.4 is 16.0 Å². The van der Waals surface area contributed by atoms with Crippen LogP contribution in [0.5, 0.6) is 5.75 Å². The van der Waals surface area contributed by atoms with E-state index in [1.807, 2.05) is 38.1 Å². The Bertz CT molecular complexity index is 402. The molecule has 0 aliphatic rings. The normalized spacial score (nSPS) is 14.9. The highest BCUT2D eigenvalue weighted by atomic mass is 16.5. The Balaban J connectivity index is 3.06. The van der Waals surface area contributed by atoms with Crippen LogP contribution in [0, 0.1) is 5.41 Å². The highest BCUT2D eigenvalue weighted by molar-refractivity contribution is 5.31. The molecule has 2 unspecified atom stereocenters. The SMILES string of the molecule is CCOc1cccc(C(NN)C(OCC)C(C)(C)C)c1. The van der Waals surface area contributed by atoms with Gasteiger partial charge in [0.25, 0.3) is 0 Å². The summed E-state index contributed by atoms with van der Waals surface area (Å²) >= 11 is 0. The van der Waals surface area contributed by atoms with Crippen LogP contribution >= 0.6 is 0 Å². The van der Waals surface area contributed by atoms with Crippen molar-refractivity contribution < 1.29 is 9.47 Å². The highest BCUT2D eigenvalue weighted by Crippen LogP contribution is 2.33. The molecule has 4 heteroatoms. The maximum absolute atomic E-state index is 5.93. The minimum Gasteiger partial charge on any atom is -0.494 e. The van der Waals surface area contributed by atoms with Crippen molar-refractivity contribution in [3.63, 3.8) is 0 Å². The number of benzene rings is 1. The van der Waals surface area contributed by atoms with Gasteiger partial charge in [0, 0.05) is 6.61 Å². The lowest BCUT2D eigenvalue weighted by Crippen LogP contribution is -2.44. The van der Waals surface area contributed by atoms with Gasteiger partial charge in [0.2, 0.25) is 0 Å². The van der Waals surface area contributed by atoms with E-state index in [0.29, 0.717) is 13.2 Å². The molecule has 0 aliphatic heterocycles. The molecule has 0 saturated carbocycles. The first-order valence-corrected chi connectivity index (χ1v) is 7.24. The van der Waals surface area contributed by atoms with Crippen molar-refractivity contribution in [1.29, 1.82) is 0 Å². The van der Waals surface area contributed by atoms with Crippen molar-refractivity contribution in [2.75, 3.05) is 13.2 Å². The van der Waals surface area contributed by atoms with E-state index in [4.69, 9.17) is 15.3 Å². The molecule has 2 atom stereocenters. The van der Waals surface area contributed by atoms with E-state index < -0.39 is 0 Å². The Kier molecular flexibility index (Phi) is 6.46. The predicted molar refractivity (Wildman–Crippen MR) is 82.5 cm³/mol. The van der Waals surface area contributed by atoms with Crippen LogP contribution in [0.4, 0.5) is 0 Å². The second kappa shape index (κ2) is 7.62. The maximum Gasteiger partial charge on any atom is 0.119 e. The van der Waals surface area contributed by atoms with Gasteiger partial charge in [0.05, 0.1) is 18.8 Å². The number of nitrogens with one attached hydrogen (secondary N) is 1. The lowest BCUT2D eigenvalue weighted by Gasteiger charge is -2.36. The molecule has 0 amide bonds. The molecule has 114 valence electrons. The van der Waals surface area contributed by atoms with Crippen LogP contribution in [0.15, 0.2) is 24.3 Å². The van der Waals surface area contributed by atoms with E-state index >= 15 is 0 Å². The third-order valence-electron chi connectivity index (χ3n) is 3.21. The Morgan fingerprint density at radius 1 is 1.20 bits per heavy atom. The van der Waals surface area contributed by atoms with Gasteiger partial charge in [0.1, 0.15) is 5.75 Å². The van der Waals surface area contributed by atoms with Gasteiger partial charge < -0.3 is 9.47 Å². The van der Waals surface area contributed by atoms with E-state index in [2.05, 4.69) is 26.2 Å². The van der Waals surface area contributed by atoms with Gasteiger partial charge in [-0.2, -0.15) is 0 Å². The zero-order valence-electron chi connectivity index (χ0n) is 13.3. The van der Waals surface area contributed by atoms with Crippen LogP contribution in [0.3, 0.4) is 0 Å². The van der Waals surface area contributed by atoms with E-state index in [0.717, 1.165) is 11.3 Å². The predicted octanol–water partition coefficient (Wildman–Crippen LogP) is 3.04. The molecule has 1 aromatic rings. The summed E-state index contributed by atoms with van der Waals surface area (Å²) in [5, 5.41) is 0. The molecule has 3 N–H and O–H groups in total. The fraction of sp³-hybridized carbons (Fsp3) is 0.625. The molecule has 20 heavy (non-hydrogen) atoms. The number of nitrogens with two attached hydrogens (primary N) is 1. The molecule has 0 fully saturated rings. The molecule has 0 saturated heterocycles. The smallest absolute Gasteiger partial charge is 0.119 e. The van der Waals surface area contributed by atoms with Gasteiger partial charge in [-0.25, -0.2) is 0 Å². The van der Waals surface area contributed by atoms with Gasteiger partial charge in [-0.3, -0.25) is 11.3 Å². The summed E-state index contributed by atoms with van der Waals surface area (Å²) < 4.78 is 11.5. The summed E-state index contributed by atoms with van der Waals surface area (Å²) in [5.74, 6) is 6.64. The second-order valence-electron chi connectivity index (χ2n) is 5.89. The Morgan fingerprint density at radius 3 is 2.40 bits per heavy atom. The van der Waals surface area contributed by atoms with Crippen LogP contribution in [0.2, 0.25) is 0 Å². The second-order valence-corrected chi connectivity index (χ2v) is 5.89.